The summed E-state index contributed by atoms with van der Waals surface area (Å²) in [4.78, 5) is 12.3. The van der Waals surface area contributed by atoms with Crippen molar-refractivity contribution < 1.29 is 22.7 Å². The lowest BCUT2D eigenvalue weighted by Gasteiger charge is -2.27. The van der Waals surface area contributed by atoms with E-state index in [2.05, 4.69) is 10.6 Å². The molecule has 2 fully saturated rings. The van der Waals surface area contributed by atoms with E-state index in [1.807, 2.05) is 0 Å². The number of hydrogen-bond donors (Lipinski definition) is 2. The number of carbonyl (C=O) groups excluding carboxylic acids is 1. The van der Waals surface area contributed by atoms with E-state index in [1.54, 1.807) is 13.8 Å². The van der Waals surface area contributed by atoms with Crippen LogP contribution in [0.2, 0.25) is 0 Å². The summed E-state index contributed by atoms with van der Waals surface area (Å²) in [6.07, 6.45) is -4.47. The maximum atomic E-state index is 13.0. The van der Waals surface area contributed by atoms with Crippen molar-refractivity contribution in [3.8, 4) is 5.75 Å². The van der Waals surface area contributed by atoms with Crippen molar-refractivity contribution in [3.05, 3.63) is 29.8 Å². The topological polar surface area (TPSA) is 50.4 Å². The minimum absolute atomic E-state index is 0.0213. The lowest BCUT2D eigenvalue weighted by molar-refractivity contribution is -0.139. The number of nitrogens with one attached hydrogen (secondary N) is 2. The molecular formula is C17H21F3N2O2. The van der Waals surface area contributed by atoms with Crippen molar-refractivity contribution in [2.45, 2.75) is 25.6 Å². The molecule has 132 valence electrons. The molecule has 1 aromatic carbocycles. The highest BCUT2D eigenvalue weighted by Gasteiger charge is 2.57. The van der Waals surface area contributed by atoms with Gasteiger partial charge in [-0.05, 0) is 50.9 Å². The van der Waals surface area contributed by atoms with Gasteiger partial charge in [-0.2, -0.15) is 13.2 Å². The van der Waals surface area contributed by atoms with Gasteiger partial charge in [0.05, 0.1) is 11.1 Å². The van der Waals surface area contributed by atoms with Crippen molar-refractivity contribution in [1.82, 2.24) is 10.6 Å². The third-order valence-electron chi connectivity index (χ3n) is 4.64. The van der Waals surface area contributed by atoms with Crippen molar-refractivity contribution in [3.63, 3.8) is 0 Å². The van der Waals surface area contributed by atoms with Crippen LogP contribution in [-0.2, 0) is 11.0 Å². The maximum Gasteiger partial charge on any atom is 0.419 e. The number of para-hydroxylation sites is 1. The van der Waals surface area contributed by atoms with Crippen LogP contribution >= 0.6 is 0 Å². The Morgan fingerprint density at radius 1 is 1.25 bits per heavy atom. The lowest BCUT2D eigenvalue weighted by Crippen LogP contribution is -2.49. The van der Waals surface area contributed by atoms with E-state index >= 15 is 0 Å². The number of halogens is 3. The van der Waals surface area contributed by atoms with Crippen molar-refractivity contribution in [2.24, 2.45) is 17.8 Å². The average Bonchev–Trinajstić information content (AvgIpc) is 2.98. The highest BCUT2D eigenvalue weighted by atomic mass is 19.4. The smallest absolute Gasteiger partial charge is 0.419 e. The summed E-state index contributed by atoms with van der Waals surface area (Å²) in [5.74, 6) is 0.553. The molecule has 2 N–H and O–H groups in total. The highest BCUT2D eigenvalue weighted by Crippen LogP contribution is 2.48. The lowest BCUT2D eigenvalue weighted by atomic mass is 10.1. The van der Waals surface area contributed by atoms with Gasteiger partial charge in [0.1, 0.15) is 12.4 Å². The molecule has 0 aromatic heterocycles. The third kappa shape index (κ3) is 3.50. The Hall–Kier alpha value is -1.76. The van der Waals surface area contributed by atoms with Crippen LogP contribution in [0, 0.1) is 17.8 Å². The Morgan fingerprint density at radius 2 is 1.88 bits per heavy atom. The standard InChI is InChI=1S/C17H21F3N2O2/c1-16(2,22-15(23)14-10-7-21-8-11(10)14)9-24-13-6-4-3-5-12(13)17(18,19)20/h3-6,10-11,14,21H,7-9H2,1-2H3,(H,22,23)/t10-,11+,14+. The molecule has 1 aromatic rings. The van der Waals surface area contributed by atoms with Gasteiger partial charge in [-0.25, -0.2) is 0 Å². The number of rotatable bonds is 5. The van der Waals surface area contributed by atoms with E-state index in [0.29, 0.717) is 11.8 Å². The van der Waals surface area contributed by atoms with Gasteiger partial charge in [0.25, 0.3) is 0 Å². The van der Waals surface area contributed by atoms with Crippen molar-refractivity contribution in [1.29, 1.82) is 0 Å². The summed E-state index contributed by atoms with van der Waals surface area (Å²) in [6, 6.07) is 5.09. The van der Waals surface area contributed by atoms with E-state index in [1.165, 1.54) is 18.2 Å². The Labute approximate surface area is 138 Å². The molecule has 4 nitrogen and oxygen atoms in total. The van der Waals surface area contributed by atoms with Crippen LogP contribution in [0.3, 0.4) is 0 Å². The molecule has 0 unspecified atom stereocenters. The monoisotopic (exact) mass is 342 g/mol. The summed E-state index contributed by atoms with van der Waals surface area (Å²) >= 11 is 0. The first kappa shape index (κ1) is 17.1. The van der Waals surface area contributed by atoms with E-state index in [4.69, 9.17) is 4.74 Å². The van der Waals surface area contributed by atoms with Gasteiger partial charge in [0.2, 0.25) is 5.91 Å². The summed E-state index contributed by atoms with van der Waals surface area (Å²) in [5.41, 5.74) is -1.56. The van der Waals surface area contributed by atoms with Crippen molar-refractivity contribution >= 4 is 5.91 Å². The molecule has 7 heteroatoms. The number of alkyl halides is 3. The van der Waals surface area contributed by atoms with Gasteiger partial charge in [-0.3, -0.25) is 4.79 Å². The number of hydrogen-bond acceptors (Lipinski definition) is 3. The maximum absolute atomic E-state index is 13.0. The fourth-order valence-electron chi connectivity index (χ4n) is 3.35. The van der Waals surface area contributed by atoms with Gasteiger partial charge in [-0.1, -0.05) is 12.1 Å². The molecule has 1 heterocycles. The average molecular weight is 342 g/mol. The van der Waals surface area contributed by atoms with Crippen LogP contribution in [0.5, 0.6) is 5.75 Å². The molecule has 1 saturated heterocycles. The molecule has 1 amide bonds. The van der Waals surface area contributed by atoms with Gasteiger partial charge in [0, 0.05) is 5.92 Å². The zero-order valence-corrected chi connectivity index (χ0v) is 13.6. The number of fused-ring (bicyclic) bond motifs is 1. The molecule has 1 aliphatic heterocycles. The molecule has 24 heavy (non-hydrogen) atoms. The normalized spacial score (nSPS) is 26.0. The van der Waals surface area contributed by atoms with Crippen LogP contribution in [-0.4, -0.2) is 31.1 Å². The number of piperidine rings is 1. The molecule has 1 aliphatic carbocycles. The van der Waals surface area contributed by atoms with Crippen LogP contribution in [0.1, 0.15) is 19.4 Å². The molecule has 3 rings (SSSR count). The summed E-state index contributed by atoms with van der Waals surface area (Å²) in [5, 5.41) is 6.13. The summed E-state index contributed by atoms with van der Waals surface area (Å²) in [7, 11) is 0. The summed E-state index contributed by atoms with van der Waals surface area (Å²) < 4.78 is 44.3. The van der Waals surface area contributed by atoms with Crippen LogP contribution < -0.4 is 15.4 Å². The van der Waals surface area contributed by atoms with Crippen molar-refractivity contribution in [2.75, 3.05) is 19.7 Å². The first-order valence-electron chi connectivity index (χ1n) is 8.01. The number of ether oxygens (including phenoxy) is 1. The van der Waals surface area contributed by atoms with Gasteiger partial charge >= 0.3 is 6.18 Å². The molecular weight excluding hydrogens is 321 g/mol. The zero-order chi connectivity index (χ0) is 17.5. The van der Waals surface area contributed by atoms with E-state index in [0.717, 1.165) is 19.2 Å². The SMILES string of the molecule is CC(C)(COc1ccccc1C(F)(F)F)NC(=O)[C@H]1[C@@H]2CNC[C@@H]21. The fraction of sp³-hybridized carbons (Fsp3) is 0.588. The fourth-order valence-corrected chi connectivity index (χ4v) is 3.35. The largest absolute Gasteiger partial charge is 0.491 e. The molecule has 3 atom stereocenters. The Bertz CT molecular complexity index is 621. The first-order chi connectivity index (χ1) is 11.2. The first-order valence-corrected chi connectivity index (χ1v) is 8.01. The molecule has 0 spiro atoms. The second kappa shape index (κ2) is 5.95. The summed E-state index contributed by atoms with van der Waals surface area (Å²) in [6.45, 7) is 5.18. The zero-order valence-electron chi connectivity index (χ0n) is 13.6. The number of carbonyl (C=O) groups is 1. The quantitative estimate of drug-likeness (QED) is 0.864. The second-order valence-corrected chi connectivity index (χ2v) is 7.17. The molecule has 1 saturated carbocycles. The van der Waals surface area contributed by atoms with Gasteiger partial charge < -0.3 is 15.4 Å². The predicted molar refractivity (Wildman–Crippen MR) is 82.5 cm³/mol. The van der Waals surface area contributed by atoms with Gasteiger partial charge in [-0.15, -0.1) is 0 Å². The third-order valence-corrected chi connectivity index (χ3v) is 4.64. The molecule has 0 radical (unpaired) electrons. The van der Waals surface area contributed by atoms with Gasteiger partial charge in [0.15, 0.2) is 0 Å². The second-order valence-electron chi connectivity index (χ2n) is 7.17. The van der Waals surface area contributed by atoms with Crippen LogP contribution in [0.25, 0.3) is 0 Å². The van der Waals surface area contributed by atoms with E-state index < -0.39 is 17.3 Å². The van der Waals surface area contributed by atoms with Crippen LogP contribution in [0.4, 0.5) is 13.2 Å². The Balaban J connectivity index is 1.58. The predicted octanol–water partition coefficient (Wildman–Crippen LogP) is 2.44. The number of amides is 1. The van der Waals surface area contributed by atoms with Crippen LogP contribution in [0.15, 0.2) is 24.3 Å². The highest BCUT2D eigenvalue weighted by molar-refractivity contribution is 5.83. The minimum atomic E-state index is -4.47. The molecule has 2 aliphatic rings. The number of benzene rings is 1. The Morgan fingerprint density at radius 3 is 2.50 bits per heavy atom. The molecule has 0 bridgehead atoms. The van der Waals surface area contributed by atoms with E-state index in [-0.39, 0.29) is 24.2 Å². The Kier molecular flexibility index (Phi) is 4.23. The van der Waals surface area contributed by atoms with E-state index in [9.17, 15) is 18.0 Å². The minimum Gasteiger partial charge on any atom is -0.491 e.